The first-order chi connectivity index (χ1) is 12.7. The fourth-order valence-corrected chi connectivity index (χ4v) is 4.56. The summed E-state index contributed by atoms with van der Waals surface area (Å²) in [6.07, 6.45) is 1.85. The molecule has 0 fully saturated rings. The lowest BCUT2D eigenvalue weighted by Crippen LogP contribution is -2.27. The minimum absolute atomic E-state index is 0.0753. The van der Waals surface area contributed by atoms with Gasteiger partial charge >= 0.3 is 0 Å². The zero-order valence-corrected chi connectivity index (χ0v) is 16.6. The van der Waals surface area contributed by atoms with E-state index in [1.54, 1.807) is 25.1 Å². The van der Waals surface area contributed by atoms with E-state index < -0.39 is 25.9 Å². The van der Waals surface area contributed by atoms with Crippen LogP contribution < -0.4 is 14.2 Å². The average Bonchev–Trinajstić information content (AvgIpc) is 2.85. The molecule has 0 aromatic heterocycles. The lowest BCUT2D eigenvalue weighted by molar-refractivity contribution is 0.297. The zero-order valence-electron chi connectivity index (χ0n) is 15.0. The average molecular weight is 412 g/mol. The van der Waals surface area contributed by atoms with Gasteiger partial charge in [0.2, 0.25) is 10.0 Å². The summed E-state index contributed by atoms with van der Waals surface area (Å²) in [4.78, 5) is 0.260. The van der Waals surface area contributed by atoms with Crippen molar-refractivity contribution in [3.05, 3.63) is 48.0 Å². The first-order valence-corrected chi connectivity index (χ1v) is 11.8. The van der Waals surface area contributed by atoms with Crippen LogP contribution in [-0.4, -0.2) is 36.3 Å². The fourth-order valence-electron chi connectivity index (χ4n) is 2.68. The van der Waals surface area contributed by atoms with E-state index in [9.17, 15) is 16.8 Å². The minimum Gasteiger partial charge on any atom is -0.490 e. The third kappa shape index (κ3) is 4.60. The van der Waals surface area contributed by atoms with Crippen molar-refractivity contribution in [2.45, 2.75) is 29.2 Å². The zero-order chi connectivity index (χ0) is 19.7. The van der Waals surface area contributed by atoms with Crippen LogP contribution in [0.15, 0.2) is 52.3 Å². The van der Waals surface area contributed by atoms with Crippen LogP contribution >= 0.6 is 0 Å². The van der Waals surface area contributed by atoms with Crippen LogP contribution in [0.25, 0.3) is 0 Å². The van der Waals surface area contributed by atoms with Gasteiger partial charge in [0.15, 0.2) is 21.3 Å². The van der Waals surface area contributed by atoms with Crippen molar-refractivity contribution >= 4 is 19.9 Å². The third-order valence-electron chi connectivity index (χ3n) is 4.17. The summed E-state index contributed by atoms with van der Waals surface area (Å²) in [6, 6.07) is 10.1. The first-order valence-electron chi connectivity index (χ1n) is 8.39. The Morgan fingerprint density at radius 2 is 1.48 bits per heavy atom. The summed E-state index contributed by atoms with van der Waals surface area (Å²) in [6.45, 7) is 2.68. The van der Waals surface area contributed by atoms with Crippen LogP contribution in [0.4, 0.5) is 0 Å². The van der Waals surface area contributed by atoms with Crippen molar-refractivity contribution in [3.63, 3.8) is 0 Å². The Labute approximate surface area is 159 Å². The summed E-state index contributed by atoms with van der Waals surface area (Å²) >= 11 is 0. The molecule has 27 heavy (non-hydrogen) atoms. The molecule has 1 heterocycles. The molecule has 0 spiro atoms. The molecule has 1 N–H and O–H groups in total. The van der Waals surface area contributed by atoms with Gasteiger partial charge in [0.05, 0.1) is 23.0 Å². The second kappa shape index (κ2) is 7.49. The number of nitrogens with one attached hydrogen (secondary N) is 1. The second-order valence-electron chi connectivity index (χ2n) is 6.34. The Morgan fingerprint density at radius 3 is 2.11 bits per heavy atom. The molecule has 0 amide bonds. The van der Waals surface area contributed by atoms with Crippen LogP contribution in [0.2, 0.25) is 0 Å². The van der Waals surface area contributed by atoms with Gasteiger partial charge in [-0.25, -0.2) is 21.6 Å². The monoisotopic (exact) mass is 411 g/mol. The van der Waals surface area contributed by atoms with Gasteiger partial charge in [-0.15, -0.1) is 0 Å². The number of ether oxygens (including phenoxy) is 2. The molecule has 1 unspecified atom stereocenters. The summed E-state index contributed by atoms with van der Waals surface area (Å²) in [5.74, 6) is 0.927. The molecular formula is C18H21NO6S2. The molecule has 0 bridgehead atoms. The molecule has 1 aliphatic rings. The Bertz CT molecular complexity index is 1030. The van der Waals surface area contributed by atoms with E-state index in [-0.39, 0.29) is 9.79 Å². The Balaban J connectivity index is 1.80. The molecule has 3 rings (SSSR count). The SMILES string of the molecule is CC(NS(=O)(=O)c1ccc2c(c1)OCCCO2)c1ccc(S(C)(=O)=O)cc1. The van der Waals surface area contributed by atoms with Crippen molar-refractivity contribution < 1.29 is 26.3 Å². The maximum absolute atomic E-state index is 12.7. The van der Waals surface area contributed by atoms with Crippen molar-refractivity contribution in [2.75, 3.05) is 19.5 Å². The Kier molecular flexibility index (Phi) is 5.45. The fraction of sp³-hybridized carbons (Fsp3) is 0.333. The number of sulfonamides is 1. The molecule has 0 radical (unpaired) electrons. The highest BCUT2D eigenvalue weighted by Gasteiger charge is 2.21. The van der Waals surface area contributed by atoms with Crippen molar-refractivity contribution in [1.29, 1.82) is 0 Å². The predicted octanol–water partition coefficient (Wildman–Crippen LogP) is 2.29. The molecular weight excluding hydrogens is 390 g/mol. The standard InChI is InChI=1S/C18H21NO6S2/c1-13(14-4-6-15(7-5-14)26(2,20)21)19-27(22,23)16-8-9-17-18(12-16)25-11-3-10-24-17/h4-9,12-13,19H,3,10-11H2,1-2H3. The van der Waals surface area contributed by atoms with Gasteiger partial charge in [-0.2, -0.15) is 0 Å². The van der Waals surface area contributed by atoms with Gasteiger partial charge in [0.1, 0.15) is 0 Å². The van der Waals surface area contributed by atoms with Gasteiger partial charge in [-0.1, -0.05) is 12.1 Å². The predicted molar refractivity (Wildman–Crippen MR) is 100 cm³/mol. The number of hydrogen-bond donors (Lipinski definition) is 1. The molecule has 7 nitrogen and oxygen atoms in total. The molecule has 0 saturated heterocycles. The van der Waals surface area contributed by atoms with Crippen LogP contribution in [-0.2, 0) is 19.9 Å². The van der Waals surface area contributed by atoms with E-state index >= 15 is 0 Å². The number of hydrogen-bond acceptors (Lipinski definition) is 6. The topological polar surface area (TPSA) is 98.8 Å². The van der Waals surface area contributed by atoms with E-state index in [1.807, 2.05) is 0 Å². The molecule has 2 aromatic carbocycles. The summed E-state index contributed by atoms with van der Waals surface area (Å²) in [5.41, 5.74) is 0.653. The largest absolute Gasteiger partial charge is 0.490 e. The molecule has 2 aromatic rings. The van der Waals surface area contributed by atoms with E-state index in [0.29, 0.717) is 30.3 Å². The maximum Gasteiger partial charge on any atom is 0.241 e. The minimum atomic E-state index is -3.80. The molecule has 0 saturated carbocycles. The molecule has 1 aliphatic heterocycles. The van der Waals surface area contributed by atoms with E-state index in [1.165, 1.54) is 24.3 Å². The molecule has 0 aliphatic carbocycles. The molecule has 1 atom stereocenters. The molecule has 146 valence electrons. The quantitative estimate of drug-likeness (QED) is 0.811. The Morgan fingerprint density at radius 1 is 0.889 bits per heavy atom. The van der Waals surface area contributed by atoms with Crippen molar-refractivity contribution in [2.24, 2.45) is 0 Å². The summed E-state index contributed by atoms with van der Waals surface area (Å²) in [7, 11) is -7.09. The summed E-state index contributed by atoms with van der Waals surface area (Å²) < 4.78 is 62.1. The van der Waals surface area contributed by atoms with Crippen LogP contribution in [0, 0.1) is 0 Å². The van der Waals surface area contributed by atoms with Crippen LogP contribution in [0.3, 0.4) is 0 Å². The highest BCUT2D eigenvalue weighted by Crippen LogP contribution is 2.32. The number of rotatable bonds is 5. The van der Waals surface area contributed by atoms with Gasteiger partial charge in [-0.3, -0.25) is 0 Å². The lowest BCUT2D eigenvalue weighted by atomic mass is 10.1. The number of benzene rings is 2. The highest BCUT2D eigenvalue weighted by molar-refractivity contribution is 7.90. The smallest absolute Gasteiger partial charge is 0.241 e. The molecule has 9 heteroatoms. The van der Waals surface area contributed by atoms with Gasteiger partial charge in [0, 0.05) is 24.8 Å². The number of sulfone groups is 1. The van der Waals surface area contributed by atoms with Crippen LogP contribution in [0.1, 0.15) is 24.9 Å². The Hall–Kier alpha value is -2.10. The lowest BCUT2D eigenvalue weighted by Gasteiger charge is -2.16. The van der Waals surface area contributed by atoms with Gasteiger partial charge in [-0.05, 0) is 36.8 Å². The first kappa shape index (κ1) is 19.7. The van der Waals surface area contributed by atoms with E-state index in [4.69, 9.17) is 9.47 Å². The highest BCUT2D eigenvalue weighted by atomic mass is 32.2. The van der Waals surface area contributed by atoms with Crippen molar-refractivity contribution in [1.82, 2.24) is 4.72 Å². The summed E-state index contributed by atoms with van der Waals surface area (Å²) in [5, 5.41) is 0. The normalized spacial score (nSPS) is 15.8. The van der Waals surface area contributed by atoms with Crippen LogP contribution in [0.5, 0.6) is 11.5 Å². The van der Waals surface area contributed by atoms with Gasteiger partial charge < -0.3 is 9.47 Å². The number of fused-ring (bicyclic) bond motifs is 1. The maximum atomic E-state index is 12.7. The van der Waals surface area contributed by atoms with Crippen molar-refractivity contribution in [3.8, 4) is 11.5 Å². The van der Waals surface area contributed by atoms with E-state index in [2.05, 4.69) is 4.72 Å². The third-order valence-corrected chi connectivity index (χ3v) is 6.84. The van der Waals surface area contributed by atoms with E-state index in [0.717, 1.165) is 12.7 Å². The van der Waals surface area contributed by atoms with Gasteiger partial charge in [0.25, 0.3) is 0 Å². The second-order valence-corrected chi connectivity index (χ2v) is 10.1.